The zero-order valence-corrected chi connectivity index (χ0v) is 21.8. The molecule has 1 saturated heterocycles. The predicted molar refractivity (Wildman–Crippen MR) is 145 cm³/mol. The molecule has 0 radical (unpaired) electrons. The number of aromatic nitrogens is 3. The van der Waals surface area contributed by atoms with E-state index in [0.717, 1.165) is 5.56 Å². The number of hydrogen-bond acceptors (Lipinski definition) is 5. The van der Waals surface area contributed by atoms with Gasteiger partial charge in [-0.3, -0.25) is 9.78 Å². The molecule has 0 bridgehead atoms. The second-order valence-electron chi connectivity index (χ2n) is 8.79. The summed E-state index contributed by atoms with van der Waals surface area (Å²) in [5.74, 6) is -0.260. The molecule has 1 aliphatic heterocycles. The lowest BCUT2D eigenvalue weighted by Gasteiger charge is -2.37. The summed E-state index contributed by atoms with van der Waals surface area (Å²) in [6, 6.07) is 20.8. The average molecular weight is 549 g/mol. The molecule has 0 spiro atoms. The molecule has 5 rings (SSSR count). The minimum atomic E-state index is -0.620. The van der Waals surface area contributed by atoms with Crippen LogP contribution in [0.25, 0.3) is 22.5 Å². The van der Waals surface area contributed by atoms with Gasteiger partial charge in [-0.15, -0.1) is 0 Å². The van der Waals surface area contributed by atoms with E-state index < -0.39 is 5.41 Å². The Bertz CT molecular complexity index is 1490. The van der Waals surface area contributed by atoms with Gasteiger partial charge >= 0.3 is 0 Å². The van der Waals surface area contributed by atoms with E-state index in [0.29, 0.717) is 63.5 Å². The fourth-order valence-electron chi connectivity index (χ4n) is 4.55. The van der Waals surface area contributed by atoms with Crippen molar-refractivity contribution in [3.8, 4) is 28.6 Å². The van der Waals surface area contributed by atoms with Crippen LogP contribution in [0.5, 0.6) is 0 Å². The summed E-state index contributed by atoms with van der Waals surface area (Å²) >= 11 is 18.7. The summed E-state index contributed by atoms with van der Waals surface area (Å²) in [6.07, 6.45) is 4.17. The van der Waals surface area contributed by atoms with E-state index in [-0.39, 0.29) is 11.7 Å². The number of hydrogen-bond donors (Lipinski definition) is 0. The summed E-state index contributed by atoms with van der Waals surface area (Å²) < 4.78 is 0. The van der Waals surface area contributed by atoms with Crippen molar-refractivity contribution in [3.05, 3.63) is 99.5 Å². The van der Waals surface area contributed by atoms with Crippen molar-refractivity contribution in [3.63, 3.8) is 0 Å². The van der Waals surface area contributed by atoms with Gasteiger partial charge in [-0.25, -0.2) is 9.97 Å². The van der Waals surface area contributed by atoms with Crippen molar-refractivity contribution in [1.29, 1.82) is 5.26 Å². The van der Waals surface area contributed by atoms with E-state index in [9.17, 15) is 10.1 Å². The van der Waals surface area contributed by atoms with Gasteiger partial charge in [-0.2, -0.15) is 5.26 Å². The van der Waals surface area contributed by atoms with Gasteiger partial charge in [0.05, 0.1) is 32.9 Å². The molecule has 3 heterocycles. The average Bonchev–Trinajstić information content (AvgIpc) is 2.93. The van der Waals surface area contributed by atoms with Crippen LogP contribution in [0.15, 0.2) is 73.1 Å². The van der Waals surface area contributed by atoms with Crippen molar-refractivity contribution < 1.29 is 4.79 Å². The maximum atomic E-state index is 13.5. The van der Waals surface area contributed by atoms with Gasteiger partial charge in [0.25, 0.3) is 5.91 Å². The first-order valence-electron chi connectivity index (χ1n) is 11.6. The lowest BCUT2D eigenvalue weighted by atomic mass is 9.74. The summed E-state index contributed by atoms with van der Waals surface area (Å²) in [5, 5.41) is 11.4. The topological polar surface area (TPSA) is 82.8 Å². The number of carbonyl (C=O) groups is 1. The van der Waals surface area contributed by atoms with Crippen molar-refractivity contribution in [2.45, 2.75) is 18.3 Å². The van der Waals surface area contributed by atoms with E-state index >= 15 is 0 Å². The Hall–Kier alpha value is -3.50. The molecule has 2 aromatic heterocycles. The summed E-state index contributed by atoms with van der Waals surface area (Å²) in [6.45, 7) is 0.838. The van der Waals surface area contributed by atoms with Crippen LogP contribution >= 0.6 is 34.8 Å². The monoisotopic (exact) mass is 547 g/mol. The number of likely N-dealkylation sites (tertiary alicyclic amines) is 1. The highest BCUT2D eigenvalue weighted by molar-refractivity contribution is 6.36. The summed E-state index contributed by atoms with van der Waals surface area (Å²) in [5.41, 5.74) is 2.60. The molecule has 0 unspecified atom stereocenters. The Morgan fingerprint density at radius 1 is 0.892 bits per heavy atom. The Balaban J connectivity index is 1.48. The fraction of sp³-hybridized carbons (Fsp3) is 0.179. The first kappa shape index (κ1) is 25.2. The molecule has 0 atom stereocenters. The SMILES string of the molecule is N#CC1(c2ccccc2)CCN(C(=O)c2ncc(-c3ccc(Cl)cn3)c(-c3ccc(Cl)cc3Cl)n2)CC1. The largest absolute Gasteiger partial charge is 0.336 e. The number of amides is 1. The number of piperidine rings is 1. The van der Waals surface area contributed by atoms with Gasteiger partial charge in [0.1, 0.15) is 0 Å². The van der Waals surface area contributed by atoms with Crippen molar-refractivity contribution >= 4 is 40.7 Å². The van der Waals surface area contributed by atoms with E-state index in [2.05, 4.69) is 21.0 Å². The van der Waals surface area contributed by atoms with Gasteiger partial charge in [-0.05, 0) is 48.7 Å². The van der Waals surface area contributed by atoms with Gasteiger partial charge in [0.15, 0.2) is 0 Å². The highest BCUT2D eigenvalue weighted by Crippen LogP contribution is 2.37. The van der Waals surface area contributed by atoms with Crippen LogP contribution in [0.1, 0.15) is 29.0 Å². The van der Waals surface area contributed by atoms with Gasteiger partial charge in [0, 0.05) is 41.6 Å². The normalized spacial score (nSPS) is 14.7. The zero-order chi connectivity index (χ0) is 26.0. The number of pyridine rings is 1. The van der Waals surface area contributed by atoms with Crippen LogP contribution in [-0.4, -0.2) is 38.8 Å². The number of rotatable bonds is 4. The molecule has 184 valence electrons. The van der Waals surface area contributed by atoms with Crippen LogP contribution in [0.4, 0.5) is 0 Å². The molecule has 2 aromatic carbocycles. The third-order valence-electron chi connectivity index (χ3n) is 6.61. The fourth-order valence-corrected chi connectivity index (χ4v) is 5.16. The minimum Gasteiger partial charge on any atom is -0.336 e. The molecule has 1 fully saturated rings. The Morgan fingerprint density at radius 3 is 2.27 bits per heavy atom. The zero-order valence-electron chi connectivity index (χ0n) is 19.5. The standard InChI is InChI=1S/C28H20Cl3N5O/c29-19-6-8-21(23(31)14-19)25-22(24-9-7-20(30)15-33-24)16-34-26(35-25)27(37)36-12-10-28(17-32,11-13-36)18-4-2-1-3-5-18/h1-9,14-16H,10-13H2. The maximum Gasteiger partial charge on any atom is 0.291 e. The van der Waals surface area contributed by atoms with Crippen LogP contribution in [0.3, 0.4) is 0 Å². The maximum absolute atomic E-state index is 13.5. The molecule has 37 heavy (non-hydrogen) atoms. The molecule has 9 heteroatoms. The van der Waals surface area contributed by atoms with Crippen LogP contribution in [0.2, 0.25) is 15.1 Å². The summed E-state index contributed by atoms with van der Waals surface area (Å²) in [4.78, 5) is 28.6. The third-order valence-corrected chi connectivity index (χ3v) is 7.39. The van der Waals surface area contributed by atoms with Crippen LogP contribution in [-0.2, 0) is 5.41 Å². The number of nitriles is 1. The van der Waals surface area contributed by atoms with E-state index in [1.807, 2.05) is 30.3 Å². The predicted octanol–water partition coefficient (Wildman–Crippen LogP) is 6.86. The first-order chi connectivity index (χ1) is 17.9. The first-order valence-corrected chi connectivity index (χ1v) is 12.7. The second-order valence-corrected chi connectivity index (χ2v) is 10.1. The smallest absolute Gasteiger partial charge is 0.291 e. The Kier molecular flexibility index (Phi) is 7.12. The molecule has 1 aliphatic rings. The molecular weight excluding hydrogens is 529 g/mol. The molecule has 4 aromatic rings. The van der Waals surface area contributed by atoms with Gasteiger partial charge in [0.2, 0.25) is 5.82 Å². The van der Waals surface area contributed by atoms with Crippen molar-refractivity contribution in [1.82, 2.24) is 19.9 Å². The molecule has 0 aliphatic carbocycles. The Morgan fingerprint density at radius 2 is 1.62 bits per heavy atom. The molecule has 6 nitrogen and oxygen atoms in total. The quantitative estimate of drug-likeness (QED) is 0.278. The van der Waals surface area contributed by atoms with E-state index in [4.69, 9.17) is 34.8 Å². The number of carbonyl (C=O) groups excluding carboxylic acids is 1. The van der Waals surface area contributed by atoms with Gasteiger partial charge in [-0.1, -0.05) is 65.1 Å². The minimum absolute atomic E-state index is 0.0444. The van der Waals surface area contributed by atoms with E-state index in [1.54, 1.807) is 41.4 Å². The van der Waals surface area contributed by atoms with E-state index in [1.165, 1.54) is 6.20 Å². The van der Waals surface area contributed by atoms with Crippen molar-refractivity contribution in [2.75, 3.05) is 13.1 Å². The van der Waals surface area contributed by atoms with Crippen LogP contribution in [0, 0.1) is 11.3 Å². The molecule has 1 amide bonds. The number of nitrogens with zero attached hydrogens (tertiary/aromatic N) is 5. The molecular formula is C28H20Cl3N5O. The highest BCUT2D eigenvalue weighted by atomic mass is 35.5. The lowest BCUT2D eigenvalue weighted by Crippen LogP contribution is -2.45. The van der Waals surface area contributed by atoms with Crippen molar-refractivity contribution in [2.24, 2.45) is 0 Å². The number of halogens is 3. The number of benzene rings is 2. The molecule has 0 saturated carbocycles. The second kappa shape index (κ2) is 10.5. The van der Waals surface area contributed by atoms with Crippen LogP contribution < -0.4 is 0 Å². The van der Waals surface area contributed by atoms with Gasteiger partial charge < -0.3 is 4.90 Å². The summed E-state index contributed by atoms with van der Waals surface area (Å²) in [7, 11) is 0. The highest BCUT2D eigenvalue weighted by Gasteiger charge is 2.38. The lowest BCUT2D eigenvalue weighted by molar-refractivity contribution is 0.0679. The Labute approximate surface area is 229 Å². The third kappa shape index (κ3) is 5.03. The molecule has 0 N–H and O–H groups in total.